The van der Waals surface area contributed by atoms with Crippen LogP contribution in [0.4, 0.5) is 10.8 Å². The van der Waals surface area contributed by atoms with E-state index in [2.05, 4.69) is 9.69 Å². The van der Waals surface area contributed by atoms with Crippen molar-refractivity contribution in [3.8, 4) is 0 Å². The Labute approximate surface area is 129 Å². The van der Waals surface area contributed by atoms with Crippen LogP contribution in [0.3, 0.4) is 0 Å². The molecule has 0 aromatic carbocycles. The topological polar surface area (TPSA) is 97.6 Å². The fraction of sp³-hybridized carbons (Fsp3) is 0.750. The Balaban J connectivity index is 1.94. The molecule has 9 heteroatoms. The highest BCUT2D eigenvalue weighted by Gasteiger charge is 2.27. The fourth-order valence-electron chi connectivity index (χ4n) is 2.28. The first-order valence-corrected chi connectivity index (χ1v) is 9.17. The summed E-state index contributed by atoms with van der Waals surface area (Å²) in [7, 11) is -0.651. The lowest BCUT2D eigenvalue weighted by molar-refractivity contribution is 0.0659. The third-order valence-corrected chi connectivity index (χ3v) is 6.30. The fourth-order valence-corrected chi connectivity index (χ4v) is 4.39. The number of sulfonamides is 1. The number of aromatic nitrogens is 1. The first-order chi connectivity index (χ1) is 9.93. The number of hydrogen-bond acceptors (Lipinski definition) is 7. The molecule has 7 nitrogen and oxygen atoms in total. The van der Waals surface area contributed by atoms with E-state index in [0.717, 1.165) is 28.7 Å². The van der Waals surface area contributed by atoms with E-state index < -0.39 is 10.0 Å². The van der Waals surface area contributed by atoms with Gasteiger partial charge in [0.2, 0.25) is 10.0 Å². The Morgan fingerprint density at radius 3 is 2.71 bits per heavy atom. The van der Waals surface area contributed by atoms with Crippen molar-refractivity contribution in [3.63, 3.8) is 0 Å². The smallest absolute Gasteiger partial charge is 0.249 e. The van der Waals surface area contributed by atoms with E-state index >= 15 is 0 Å². The molecule has 0 amide bonds. The maximum Gasteiger partial charge on any atom is 0.249 e. The summed E-state index contributed by atoms with van der Waals surface area (Å²) in [5.41, 5.74) is 5.69. The van der Waals surface area contributed by atoms with E-state index in [0.29, 0.717) is 24.3 Å². The molecule has 1 aromatic rings. The summed E-state index contributed by atoms with van der Waals surface area (Å²) in [6, 6.07) is 0. The summed E-state index contributed by atoms with van der Waals surface area (Å²) in [5, 5.41) is 3.53. The summed E-state index contributed by atoms with van der Waals surface area (Å²) in [5.74, 6) is 0.0351. The van der Waals surface area contributed by atoms with Crippen molar-refractivity contribution in [2.45, 2.75) is 36.7 Å². The third kappa shape index (κ3) is 3.85. The van der Waals surface area contributed by atoms with Gasteiger partial charge >= 0.3 is 0 Å². The first kappa shape index (κ1) is 16.5. The summed E-state index contributed by atoms with van der Waals surface area (Å²) in [4.78, 5) is 0.0540. The zero-order valence-electron chi connectivity index (χ0n) is 12.3. The molecule has 1 aromatic heterocycles. The van der Waals surface area contributed by atoms with E-state index in [1.165, 1.54) is 26.9 Å². The quantitative estimate of drug-likeness (QED) is 0.731. The highest BCUT2D eigenvalue weighted by Crippen LogP contribution is 2.32. The van der Waals surface area contributed by atoms with Gasteiger partial charge in [-0.1, -0.05) is 12.8 Å². The summed E-state index contributed by atoms with van der Waals surface area (Å²) in [6.07, 6.45) is 5.05. The number of nitrogens with zero attached hydrogens (tertiary/aromatic N) is 2. The highest BCUT2D eigenvalue weighted by atomic mass is 32.2. The molecule has 0 aliphatic heterocycles. The van der Waals surface area contributed by atoms with E-state index in [4.69, 9.17) is 10.5 Å². The second kappa shape index (κ2) is 6.91. The van der Waals surface area contributed by atoms with Crippen LogP contribution in [0.2, 0.25) is 0 Å². The van der Waals surface area contributed by atoms with Crippen LogP contribution in [0, 0.1) is 0 Å². The zero-order valence-corrected chi connectivity index (χ0v) is 14.0. The lowest BCUT2D eigenvalue weighted by atomic mass is 10.3. The van der Waals surface area contributed by atoms with E-state index in [9.17, 15) is 8.42 Å². The normalized spacial score (nSPS) is 16.7. The van der Waals surface area contributed by atoms with Gasteiger partial charge in [-0.15, -0.1) is 0 Å². The van der Waals surface area contributed by atoms with Gasteiger partial charge in [-0.05, 0) is 24.4 Å². The Kier molecular flexibility index (Phi) is 5.42. The number of nitrogens with one attached hydrogen (secondary N) is 1. The number of rotatable bonds is 7. The van der Waals surface area contributed by atoms with Crippen LogP contribution in [0.5, 0.6) is 0 Å². The number of nitrogen functional groups attached to an aromatic ring is 1. The maximum atomic E-state index is 12.2. The van der Waals surface area contributed by atoms with Gasteiger partial charge in [0.15, 0.2) is 10.7 Å². The number of hydrogen-bond donors (Lipinski definition) is 2. The number of anilines is 2. The van der Waals surface area contributed by atoms with Gasteiger partial charge in [-0.2, -0.15) is 4.37 Å². The van der Waals surface area contributed by atoms with Crippen molar-refractivity contribution in [1.82, 2.24) is 8.68 Å². The first-order valence-electron chi connectivity index (χ1n) is 6.96. The average Bonchev–Trinajstić information content (AvgIpc) is 3.04. The SMILES string of the molecule is CN(C)S(=O)(=O)c1c(N)nsc1NCCOC1CCCC1. The van der Waals surface area contributed by atoms with Gasteiger partial charge in [0.1, 0.15) is 5.00 Å². The van der Waals surface area contributed by atoms with Crippen LogP contribution in [0.15, 0.2) is 4.90 Å². The van der Waals surface area contributed by atoms with E-state index in [1.54, 1.807) is 0 Å². The van der Waals surface area contributed by atoms with Crippen molar-refractivity contribution in [2.24, 2.45) is 0 Å². The summed E-state index contributed by atoms with van der Waals surface area (Å²) >= 11 is 1.06. The van der Waals surface area contributed by atoms with Crippen LogP contribution >= 0.6 is 11.5 Å². The van der Waals surface area contributed by atoms with Gasteiger partial charge in [0.05, 0.1) is 12.7 Å². The molecule has 1 fully saturated rings. The zero-order chi connectivity index (χ0) is 15.5. The van der Waals surface area contributed by atoms with Crippen LogP contribution in [-0.4, -0.2) is 50.4 Å². The largest absolute Gasteiger partial charge is 0.382 e. The second-order valence-corrected chi connectivity index (χ2v) is 8.08. The molecular weight excluding hydrogens is 312 g/mol. The minimum Gasteiger partial charge on any atom is -0.382 e. The molecule has 0 saturated heterocycles. The molecule has 1 aliphatic rings. The third-order valence-electron chi connectivity index (χ3n) is 3.46. The molecule has 0 atom stereocenters. The van der Waals surface area contributed by atoms with Gasteiger partial charge in [0, 0.05) is 20.6 Å². The van der Waals surface area contributed by atoms with Gasteiger partial charge in [0.25, 0.3) is 0 Å². The molecule has 0 bridgehead atoms. The highest BCUT2D eigenvalue weighted by molar-refractivity contribution is 7.89. The van der Waals surface area contributed by atoms with Gasteiger partial charge in [-0.25, -0.2) is 12.7 Å². The monoisotopic (exact) mass is 334 g/mol. The minimum absolute atomic E-state index is 0.0351. The second-order valence-electron chi connectivity index (χ2n) is 5.22. The predicted molar refractivity (Wildman–Crippen MR) is 84.1 cm³/mol. The molecule has 0 unspecified atom stereocenters. The molecule has 0 spiro atoms. The molecule has 3 N–H and O–H groups in total. The molecule has 0 radical (unpaired) electrons. The van der Waals surface area contributed by atoms with E-state index in [-0.39, 0.29) is 10.7 Å². The van der Waals surface area contributed by atoms with Gasteiger partial charge in [-0.3, -0.25) is 0 Å². The lowest BCUT2D eigenvalue weighted by Gasteiger charge is -2.14. The van der Waals surface area contributed by atoms with Gasteiger partial charge < -0.3 is 15.8 Å². The van der Waals surface area contributed by atoms with Crippen LogP contribution in [-0.2, 0) is 14.8 Å². The lowest BCUT2D eigenvalue weighted by Crippen LogP contribution is -2.24. The molecular formula is C12H22N4O3S2. The maximum absolute atomic E-state index is 12.2. The van der Waals surface area contributed by atoms with Crippen LogP contribution < -0.4 is 11.1 Å². The standard InChI is InChI=1S/C12H22N4O3S2/c1-16(2)21(17,18)10-11(13)15-20-12(10)14-7-8-19-9-5-3-4-6-9/h9,14H,3-8H2,1-2H3,(H2,13,15). The van der Waals surface area contributed by atoms with Crippen molar-refractivity contribution in [2.75, 3.05) is 38.3 Å². The summed E-state index contributed by atoms with van der Waals surface area (Å²) in [6.45, 7) is 1.08. The Morgan fingerprint density at radius 1 is 1.43 bits per heavy atom. The van der Waals surface area contributed by atoms with Crippen molar-refractivity contribution in [1.29, 1.82) is 0 Å². The predicted octanol–water partition coefficient (Wildman–Crippen LogP) is 1.35. The molecule has 120 valence electrons. The number of ether oxygens (including phenoxy) is 1. The molecule has 1 saturated carbocycles. The Morgan fingerprint density at radius 2 is 2.10 bits per heavy atom. The van der Waals surface area contributed by atoms with Crippen molar-refractivity contribution < 1.29 is 13.2 Å². The Hall–Kier alpha value is -0.900. The van der Waals surface area contributed by atoms with Crippen LogP contribution in [0.25, 0.3) is 0 Å². The molecule has 2 rings (SSSR count). The van der Waals surface area contributed by atoms with E-state index in [1.807, 2.05) is 0 Å². The average molecular weight is 334 g/mol. The minimum atomic E-state index is -3.59. The van der Waals surface area contributed by atoms with Crippen LogP contribution in [0.1, 0.15) is 25.7 Å². The van der Waals surface area contributed by atoms with Crippen molar-refractivity contribution >= 4 is 32.4 Å². The summed E-state index contributed by atoms with van der Waals surface area (Å²) < 4.78 is 35.2. The van der Waals surface area contributed by atoms with Crippen molar-refractivity contribution in [3.05, 3.63) is 0 Å². The molecule has 1 heterocycles. The molecule has 21 heavy (non-hydrogen) atoms. The molecule has 1 aliphatic carbocycles. The Bertz CT molecular complexity index is 565. The number of nitrogens with two attached hydrogens (primary N) is 1.